The van der Waals surface area contributed by atoms with Gasteiger partial charge in [-0.2, -0.15) is 0 Å². The second-order valence-electron chi connectivity index (χ2n) is 7.78. The fourth-order valence-corrected chi connectivity index (χ4v) is 6.07. The number of carbonyl (C=O) groups excluding carboxylic acids is 1. The van der Waals surface area contributed by atoms with Crippen LogP contribution in [0.5, 0.6) is 5.75 Å². The zero-order valence-electron chi connectivity index (χ0n) is 18.5. The van der Waals surface area contributed by atoms with E-state index in [-0.39, 0.29) is 17.2 Å². The summed E-state index contributed by atoms with van der Waals surface area (Å²) in [5.74, 6) is 0.555. The predicted molar refractivity (Wildman–Crippen MR) is 129 cm³/mol. The molecule has 4 rings (SSSR count). The number of anilines is 1. The first-order valence-electron chi connectivity index (χ1n) is 10.6. The fourth-order valence-electron chi connectivity index (χ4n) is 3.95. The Bertz CT molecular complexity index is 1200. The molecule has 2 aromatic heterocycles. The highest BCUT2D eigenvalue weighted by atomic mass is 32.2. The van der Waals surface area contributed by atoms with E-state index in [1.807, 2.05) is 25.1 Å². The van der Waals surface area contributed by atoms with Crippen molar-refractivity contribution in [3.05, 3.63) is 44.6 Å². The monoisotopic (exact) mass is 473 g/mol. The highest BCUT2D eigenvalue weighted by molar-refractivity contribution is 7.99. The van der Waals surface area contributed by atoms with Gasteiger partial charge in [-0.15, -0.1) is 11.3 Å². The van der Waals surface area contributed by atoms with E-state index >= 15 is 0 Å². The van der Waals surface area contributed by atoms with Gasteiger partial charge in [0.1, 0.15) is 10.6 Å². The average Bonchev–Trinajstić information content (AvgIpc) is 3.16. The number of thiophene rings is 1. The smallest absolute Gasteiger partial charge is 0.263 e. The van der Waals surface area contributed by atoms with Gasteiger partial charge in [-0.05, 0) is 55.9 Å². The summed E-state index contributed by atoms with van der Waals surface area (Å²) < 4.78 is 12.2. The van der Waals surface area contributed by atoms with Gasteiger partial charge in [0.15, 0.2) is 5.16 Å². The standard InChI is InChI=1S/C23H27N3O4S2/c1-14-8-9-17(30-3)16(12-14)24-19(27)13-31-23-25-21-20(22(28)26(23)10-11-29-2)15-6-4-5-7-18(15)32-21/h8-9,12H,4-7,10-11,13H2,1-3H3,(H,24,27). The quantitative estimate of drug-likeness (QED) is 0.393. The Kier molecular flexibility index (Phi) is 7.17. The number of benzene rings is 1. The number of carbonyl (C=O) groups is 1. The Morgan fingerprint density at radius 3 is 2.88 bits per heavy atom. The number of aryl methyl sites for hydroxylation is 3. The van der Waals surface area contributed by atoms with E-state index in [1.54, 1.807) is 30.1 Å². The first-order valence-corrected chi connectivity index (χ1v) is 12.4. The SMILES string of the molecule is COCCn1c(SCC(=O)Nc2cc(C)ccc2OC)nc2sc3c(c2c1=O)CCCC3. The topological polar surface area (TPSA) is 82.4 Å². The van der Waals surface area contributed by atoms with Crippen LogP contribution >= 0.6 is 23.1 Å². The molecule has 0 radical (unpaired) electrons. The van der Waals surface area contributed by atoms with Crippen LogP contribution in [0.25, 0.3) is 10.2 Å². The van der Waals surface area contributed by atoms with Crippen LogP contribution in [0.15, 0.2) is 28.2 Å². The van der Waals surface area contributed by atoms with Crippen molar-refractivity contribution in [1.29, 1.82) is 0 Å². The van der Waals surface area contributed by atoms with Crippen LogP contribution in [0.3, 0.4) is 0 Å². The summed E-state index contributed by atoms with van der Waals surface area (Å²) in [5.41, 5.74) is 2.79. The van der Waals surface area contributed by atoms with Crippen molar-refractivity contribution < 1.29 is 14.3 Å². The molecule has 3 aromatic rings. The maximum absolute atomic E-state index is 13.4. The van der Waals surface area contributed by atoms with Crippen LogP contribution in [0.2, 0.25) is 0 Å². The average molecular weight is 474 g/mol. The first kappa shape index (κ1) is 22.8. The number of methoxy groups -OCH3 is 2. The number of aromatic nitrogens is 2. The van der Waals surface area contributed by atoms with Crippen molar-refractivity contribution in [3.8, 4) is 5.75 Å². The molecule has 0 atom stereocenters. The minimum absolute atomic E-state index is 0.0327. The molecule has 0 saturated carbocycles. The normalized spacial score (nSPS) is 13.2. The molecule has 0 saturated heterocycles. The molecule has 0 unspecified atom stereocenters. The molecule has 0 bridgehead atoms. The van der Waals surface area contributed by atoms with Crippen molar-refractivity contribution in [2.24, 2.45) is 0 Å². The number of rotatable bonds is 8. The van der Waals surface area contributed by atoms with E-state index in [9.17, 15) is 9.59 Å². The molecule has 32 heavy (non-hydrogen) atoms. The highest BCUT2D eigenvalue weighted by Gasteiger charge is 2.22. The molecule has 9 heteroatoms. The third-order valence-corrected chi connectivity index (χ3v) is 7.68. The lowest BCUT2D eigenvalue weighted by Gasteiger charge is -2.14. The molecule has 170 valence electrons. The van der Waals surface area contributed by atoms with Crippen molar-refractivity contribution >= 4 is 44.9 Å². The van der Waals surface area contributed by atoms with E-state index in [1.165, 1.54) is 22.2 Å². The Balaban J connectivity index is 1.60. The maximum atomic E-state index is 13.4. The molecule has 1 aliphatic rings. The van der Waals surface area contributed by atoms with Crippen LogP contribution in [0.4, 0.5) is 5.69 Å². The second kappa shape index (κ2) is 10.1. The van der Waals surface area contributed by atoms with E-state index < -0.39 is 0 Å². The molecule has 1 aromatic carbocycles. The van der Waals surface area contributed by atoms with Gasteiger partial charge in [-0.3, -0.25) is 14.2 Å². The van der Waals surface area contributed by atoms with E-state index in [0.717, 1.165) is 41.5 Å². The molecule has 7 nitrogen and oxygen atoms in total. The molecule has 0 fully saturated rings. The number of thioether (sulfide) groups is 1. The number of hydrogen-bond donors (Lipinski definition) is 1. The van der Waals surface area contributed by atoms with Crippen molar-refractivity contribution in [2.75, 3.05) is 31.9 Å². The van der Waals surface area contributed by atoms with E-state index in [4.69, 9.17) is 14.5 Å². The van der Waals surface area contributed by atoms with Gasteiger partial charge in [-0.25, -0.2) is 4.98 Å². The fraction of sp³-hybridized carbons (Fsp3) is 0.435. The Morgan fingerprint density at radius 2 is 2.09 bits per heavy atom. The number of fused-ring (bicyclic) bond motifs is 3. The lowest BCUT2D eigenvalue weighted by Crippen LogP contribution is -2.26. The van der Waals surface area contributed by atoms with Gasteiger partial charge in [-0.1, -0.05) is 17.8 Å². The summed E-state index contributed by atoms with van der Waals surface area (Å²) >= 11 is 2.89. The number of nitrogens with one attached hydrogen (secondary N) is 1. The molecule has 1 aliphatic carbocycles. The summed E-state index contributed by atoms with van der Waals surface area (Å²) in [7, 11) is 3.18. The molecule has 1 N–H and O–H groups in total. The number of nitrogens with zero attached hydrogens (tertiary/aromatic N) is 2. The maximum Gasteiger partial charge on any atom is 0.263 e. The van der Waals surface area contributed by atoms with Crippen molar-refractivity contribution in [1.82, 2.24) is 9.55 Å². The van der Waals surface area contributed by atoms with E-state index in [2.05, 4.69) is 5.32 Å². The number of hydrogen-bond acceptors (Lipinski definition) is 7. The zero-order valence-corrected chi connectivity index (χ0v) is 20.2. The zero-order chi connectivity index (χ0) is 22.7. The van der Waals surface area contributed by atoms with Crippen LogP contribution < -0.4 is 15.6 Å². The summed E-state index contributed by atoms with van der Waals surface area (Å²) in [6, 6.07) is 5.63. The van der Waals surface area contributed by atoms with Gasteiger partial charge in [0.05, 0.1) is 37.1 Å². The molecule has 0 spiro atoms. The first-order chi connectivity index (χ1) is 15.5. The van der Waals surface area contributed by atoms with Crippen molar-refractivity contribution in [3.63, 3.8) is 0 Å². The third kappa shape index (κ3) is 4.69. The number of ether oxygens (including phenoxy) is 2. The van der Waals surface area contributed by atoms with E-state index in [0.29, 0.717) is 29.7 Å². The lowest BCUT2D eigenvalue weighted by atomic mass is 9.97. The molecular formula is C23H27N3O4S2. The van der Waals surface area contributed by atoms with Crippen LogP contribution in [0.1, 0.15) is 28.8 Å². The number of amides is 1. The largest absolute Gasteiger partial charge is 0.495 e. The molecule has 1 amide bonds. The predicted octanol–water partition coefficient (Wildman–Crippen LogP) is 4.03. The lowest BCUT2D eigenvalue weighted by molar-refractivity contribution is -0.113. The van der Waals surface area contributed by atoms with Crippen LogP contribution in [-0.2, 0) is 28.9 Å². The molecule has 2 heterocycles. The Labute approximate surface area is 195 Å². The molecule has 0 aliphatic heterocycles. The summed E-state index contributed by atoms with van der Waals surface area (Å²) in [6.07, 6.45) is 4.21. The summed E-state index contributed by atoms with van der Waals surface area (Å²) in [5, 5.41) is 4.20. The minimum atomic E-state index is -0.183. The summed E-state index contributed by atoms with van der Waals surface area (Å²) in [6.45, 7) is 2.76. The molecular weight excluding hydrogens is 446 g/mol. The highest BCUT2D eigenvalue weighted by Crippen LogP contribution is 2.34. The Hall–Kier alpha value is -2.36. The van der Waals surface area contributed by atoms with Gasteiger partial charge >= 0.3 is 0 Å². The van der Waals surface area contributed by atoms with Crippen LogP contribution in [-0.4, -0.2) is 42.0 Å². The second-order valence-corrected chi connectivity index (χ2v) is 9.80. The van der Waals surface area contributed by atoms with Gasteiger partial charge in [0.2, 0.25) is 5.91 Å². The van der Waals surface area contributed by atoms with Gasteiger partial charge < -0.3 is 14.8 Å². The van der Waals surface area contributed by atoms with Crippen LogP contribution in [0, 0.1) is 6.92 Å². The third-order valence-electron chi connectivity index (χ3n) is 5.52. The van der Waals surface area contributed by atoms with Crippen molar-refractivity contribution in [2.45, 2.75) is 44.3 Å². The Morgan fingerprint density at radius 1 is 1.28 bits per heavy atom. The summed E-state index contributed by atoms with van der Waals surface area (Å²) in [4.78, 5) is 32.9. The minimum Gasteiger partial charge on any atom is -0.495 e. The van der Waals surface area contributed by atoms with Gasteiger partial charge in [0, 0.05) is 12.0 Å². The van der Waals surface area contributed by atoms with Gasteiger partial charge in [0.25, 0.3) is 5.56 Å².